The summed E-state index contributed by atoms with van der Waals surface area (Å²) in [5, 5.41) is 9.90. The maximum atomic E-state index is 13.0. The second-order valence-corrected chi connectivity index (χ2v) is 4.82. The van der Waals surface area contributed by atoms with Crippen molar-refractivity contribution in [1.82, 2.24) is 9.97 Å². The van der Waals surface area contributed by atoms with Crippen LogP contribution >= 0.6 is 11.8 Å². The summed E-state index contributed by atoms with van der Waals surface area (Å²) in [6.07, 6.45) is 2.32. The lowest BCUT2D eigenvalue weighted by Gasteiger charge is -2.11. The number of carboxylic acid groups (broad SMARTS) is 1. The molecule has 1 aromatic carbocycles. The highest BCUT2D eigenvalue weighted by molar-refractivity contribution is 7.98. The zero-order valence-corrected chi connectivity index (χ0v) is 11.9. The molecule has 0 radical (unpaired) electrons. The minimum absolute atomic E-state index is 0.0805. The molecule has 2 rings (SSSR count). The minimum atomic E-state index is -1.08. The van der Waals surface area contributed by atoms with E-state index in [1.54, 1.807) is 0 Å². The van der Waals surface area contributed by atoms with Crippen LogP contribution in [0.25, 0.3) is 11.3 Å². The Bertz CT molecular complexity index is 644. The first-order valence-corrected chi connectivity index (χ1v) is 7.23. The van der Waals surface area contributed by atoms with E-state index in [0.717, 1.165) is 0 Å². The van der Waals surface area contributed by atoms with Gasteiger partial charge >= 0.3 is 5.97 Å². The SMILES string of the molecule is CCc1nc(SC)nc(-c2ccc(F)cc2)c1C(=O)O. The predicted molar refractivity (Wildman–Crippen MR) is 75.5 cm³/mol. The number of aromatic nitrogens is 2. The Hall–Kier alpha value is -1.95. The first kappa shape index (κ1) is 14.5. The maximum absolute atomic E-state index is 13.0. The van der Waals surface area contributed by atoms with Crippen LogP contribution in [-0.2, 0) is 6.42 Å². The molecule has 6 heteroatoms. The Labute approximate surface area is 120 Å². The summed E-state index contributed by atoms with van der Waals surface area (Å²) in [6.45, 7) is 1.84. The Morgan fingerprint density at radius 3 is 2.45 bits per heavy atom. The number of aryl methyl sites for hydroxylation is 1. The summed E-state index contributed by atoms with van der Waals surface area (Å²) in [7, 11) is 0. The van der Waals surface area contributed by atoms with Crippen molar-refractivity contribution < 1.29 is 14.3 Å². The van der Waals surface area contributed by atoms with Gasteiger partial charge in [-0.15, -0.1) is 0 Å². The van der Waals surface area contributed by atoms with Gasteiger partial charge in [-0.25, -0.2) is 19.2 Å². The van der Waals surface area contributed by atoms with Crippen molar-refractivity contribution in [3.63, 3.8) is 0 Å². The Morgan fingerprint density at radius 2 is 1.95 bits per heavy atom. The second kappa shape index (κ2) is 6.00. The van der Waals surface area contributed by atoms with Crippen LogP contribution in [0.4, 0.5) is 4.39 Å². The summed E-state index contributed by atoms with van der Waals surface area (Å²) in [6, 6.07) is 5.61. The standard InChI is InChI=1S/C14H13FN2O2S/c1-3-10-11(13(18)19)12(17-14(16-10)20-2)8-4-6-9(15)7-5-8/h4-7H,3H2,1-2H3,(H,18,19). The number of thioether (sulfide) groups is 1. The third-order valence-corrected chi connectivity index (χ3v) is 3.36. The molecular formula is C14H13FN2O2S. The largest absolute Gasteiger partial charge is 0.478 e. The van der Waals surface area contributed by atoms with Gasteiger partial charge in [-0.2, -0.15) is 0 Å². The van der Waals surface area contributed by atoms with Crippen molar-refractivity contribution in [3.8, 4) is 11.3 Å². The van der Waals surface area contributed by atoms with E-state index < -0.39 is 5.97 Å². The third-order valence-electron chi connectivity index (χ3n) is 2.81. The molecule has 1 heterocycles. The molecule has 4 nitrogen and oxygen atoms in total. The van der Waals surface area contributed by atoms with Crippen molar-refractivity contribution >= 4 is 17.7 Å². The number of hydrogen-bond acceptors (Lipinski definition) is 4. The zero-order chi connectivity index (χ0) is 14.7. The summed E-state index contributed by atoms with van der Waals surface area (Å²) in [4.78, 5) is 20.0. The molecule has 0 aliphatic heterocycles. The van der Waals surface area contributed by atoms with E-state index in [1.165, 1.54) is 36.0 Å². The lowest BCUT2D eigenvalue weighted by molar-refractivity contribution is 0.0695. The van der Waals surface area contributed by atoms with Gasteiger partial charge in [0.15, 0.2) is 5.16 Å². The fourth-order valence-electron chi connectivity index (χ4n) is 1.87. The molecule has 0 spiro atoms. The van der Waals surface area contributed by atoms with Crippen LogP contribution in [0.15, 0.2) is 29.4 Å². The van der Waals surface area contributed by atoms with Gasteiger partial charge in [0.25, 0.3) is 0 Å². The first-order chi connectivity index (χ1) is 9.56. The minimum Gasteiger partial charge on any atom is -0.478 e. The average molecular weight is 292 g/mol. The lowest BCUT2D eigenvalue weighted by atomic mass is 10.0. The summed E-state index contributed by atoms with van der Waals surface area (Å²) >= 11 is 1.34. The number of hydrogen-bond donors (Lipinski definition) is 1. The summed E-state index contributed by atoms with van der Waals surface area (Å²) < 4.78 is 13.0. The van der Waals surface area contributed by atoms with E-state index >= 15 is 0 Å². The number of halogens is 1. The molecule has 2 aromatic rings. The van der Waals surface area contributed by atoms with Gasteiger partial charge in [-0.05, 0) is 36.9 Å². The van der Waals surface area contributed by atoms with E-state index in [0.29, 0.717) is 28.5 Å². The van der Waals surface area contributed by atoms with Crippen LogP contribution in [0.5, 0.6) is 0 Å². The molecule has 0 atom stereocenters. The number of nitrogens with zero attached hydrogens (tertiary/aromatic N) is 2. The molecule has 0 aliphatic rings. The Kier molecular flexibility index (Phi) is 4.34. The van der Waals surface area contributed by atoms with Crippen LogP contribution in [0, 0.1) is 5.82 Å². The molecule has 104 valence electrons. The van der Waals surface area contributed by atoms with Crippen molar-refractivity contribution in [1.29, 1.82) is 0 Å². The van der Waals surface area contributed by atoms with E-state index in [4.69, 9.17) is 0 Å². The highest BCUT2D eigenvalue weighted by Crippen LogP contribution is 2.26. The van der Waals surface area contributed by atoms with Crippen LogP contribution in [0.1, 0.15) is 23.0 Å². The van der Waals surface area contributed by atoms with Gasteiger partial charge in [0, 0.05) is 5.56 Å². The number of carboxylic acids is 1. The monoisotopic (exact) mass is 292 g/mol. The highest BCUT2D eigenvalue weighted by Gasteiger charge is 2.20. The molecule has 0 fully saturated rings. The Morgan fingerprint density at radius 1 is 1.30 bits per heavy atom. The van der Waals surface area contributed by atoms with E-state index in [-0.39, 0.29) is 11.4 Å². The normalized spacial score (nSPS) is 10.6. The fourth-order valence-corrected chi connectivity index (χ4v) is 2.26. The molecule has 0 unspecified atom stereocenters. The topological polar surface area (TPSA) is 63.1 Å². The maximum Gasteiger partial charge on any atom is 0.339 e. The number of benzene rings is 1. The van der Waals surface area contributed by atoms with E-state index in [9.17, 15) is 14.3 Å². The van der Waals surface area contributed by atoms with Gasteiger partial charge in [-0.1, -0.05) is 18.7 Å². The highest BCUT2D eigenvalue weighted by atomic mass is 32.2. The molecule has 0 amide bonds. The number of aromatic carboxylic acids is 1. The first-order valence-electron chi connectivity index (χ1n) is 6.01. The molecule has 1 aromatic heterocycles. The second-order valence-electron chi connectivity index (χ2n) is 4.05. The quantitative estimate of drug-likeness (QED) is 0.692. The van der Waals surface area contributed by atoms with E-state index in [2.05, 4.69) is 9.97 Å². The third kappa shape index (κ3) is 2.80. The van der Waals surface area contributed by atoms with Crippen LogP contribution in [0.3, 0.4) is 0 Å². The van der Waals surface area contributed by atoms with Gasteiger partial charge in [0.2, 0.25) is 0 Å². The van der Waals surface area contributed by atoms with Crippen molar-refractivity contribution in [2.75, 3.05) is 6.26 Å². The van der Waals surface area contributed by atoms with E-state index in [1.807, 2.05) is 13.2 Å². The molecule has 0 saturated heterocycles. The zero-order valence-electron chi connectivity index (χ0n) is 11.1. The molecule has 0 aliphatic carbocycles. The smallest absolute Gasteiger partial charge is 0.339 e. The molecule has 0 saturated carbocycles. The molecule has 0 bridgehead atoms. The van der Waals surface area contributed by atoms with Gasteiger partial charge in [-0.3, -0.25) is 0 Å². The van der Waals surface area contributed by atoms with Gasteiger partial charge < -0.3 is 5.11 Å². The van der Waals surface area contributed by atoms with Crippen LogP contribution in [-0.4, -0.2) is 27.3 Å². The van der Waals surface area contributed by atoms with Gasteiger partial charge in [0.05, 0.1) is 11.4 Å². The Balaban J connectivity index is 2.71. The summed E-state index contributed by atoms with van der Waals surface area (Å²) in [5.74, 6) is -1.45. The van der Waals surface area contributed by atoms with Crippen molar-refractivity contribution in [2.45, 2.75) is 18.5 Å². The molecule has 1 N–H and O–H groups in total. The van der Waals surface area contributed by atoms with Crippen LogP contribution in [0.2, 0.25) is 0 Å². The number of rotatable bonds is 4. The van der Waals surface area contributed by atoms with Crippen molar-refractivity contribution in [3.05, 3.63) is 41.3 Å². The lowest BCUT2D eigenvalue weighted by Crippen LogP contribution is -2.10. The average Bonchev–Trinajstić information content (AvgIpc) is 2.46. The number of carbonyl (C=O) groups is 1. The van der Waals surface area contributed by atoms with Crippen LogP contribution < -0.4 is 0 Å². The van der Waals surface area contributed by atoms with Crippen molar-refractivity contribution in [2.24, 2.45) is 0 Å². The molecule has 20 heavy (non-hydrogen) atoms. The predicted octanol–water partition coefficient (Wildman–Crippen LogP) is 3.27. The molecular weight excluding hydrogens is 279 g/mol. The summed E-state index contributed by atoms with van der Waals surface area (Å²) in [5.41, 5.74) is 1.46. The van der Waals surface area contributed by atoms with Gasteiger partial charge in [0.1, 0.15) is 11.4 Å². The fraction of sp³-hybridized carbons (Fsp3) is 0.214.